The maximum Gasteiger partial charge on any atom is 0.253 e. The highest BCUT2D eigenvalue weighted by Gasteiger charge is 2.24. The zero-order valence-electron chi connectivity index (χ0n) is 17.4. The molecule has 30 heavy (non-hydrogen) atoms. The van der Waals surface area contributed by atoms with Gasteiger partial charge in [0, 0.05) is 12.6 Å². The summed E-state index contributed by atoms with van der Waals surface area (Å²) < 4.78 is 5.53. The molecular weight excluding hydrogens is 378 g/mol. The van der Waals surface area contributed by atoms with Crippen LogP contribution in [-0.2, 0) is 11.2 Å². The van der Waals surface area contributed by atoms with Crippen LogP contribution in [0.4, 0.5) is 11.4 Å². The maximum absolute atomic E-state index is 12.9. The Morgan fingerprint density at radius 3 is 2.67 bits per heavy atom. The lowest BCUT2D eigenvalue weighted by Gasteiger charge is -2.32. The molecular formula is C24H29N3O3. The summed E-state index contributed by atoms with van der Waals surface area (Å²) in [5.41, 5.74) is 3.25. The minimum atomic E-state index is -0.144. The van der Waals surface area contributed by atoms with Crippen LogP contribution in [0.2, 0.25) is 0 Å². The smallest absolute Gasteiger partial charge is 0.253 e. The van der Waals surface area contributed by atoms with Crippen LogP contribution in [0.15, 0.2) is 42.5 Å². The Morgan fingerprint density at radius 2 is 1.87 bits per heavy atom. The number of nitrogens with one attached hydrogen (secondary N) is 2. The first-order chi connectivity index (χ1) is 14.7. The van der Waals surface area contributed by atoms with Gasteiger partial charge in [0.1, 0.15) is 5.75 Å². The normalized spacial score (nSPS) is 16.1. The average Bonchev–Trinajstić information content (AvgIpc) is 3.26. The minimum absolute atomic E-state index is 0.122. The predicted octanol–water partition coefficient (Wildman–Crippen LogP) is 3.76. The molecule has 0 spiro atoms. The third-order valence-corrected chi connectivity index (χ3v) is 5.96. The number of fused-ring (bicyclic) bond motifs is 1. The van der Waals surface area contributed by atoms with Gasteiger partial charge >= 0.3 is 0 Å². The number of nitrogens with zero attached hydrogens (tertiary/aromatic N) is 1. The number of carbonyl (C=O) groups is 2. The number of ether oxygens (including phenoxy) is 1. The van der Waals surface area contributed by atoms with Crippen molar-refractivity contribution in [2.75, 3.05) is 30.4 Å². The summed E-state index contributed by atoms with van der Waals surface area (Å²) in [5, 5.41) is 6.05. The number of benzene rings is 2. The van der Waals surface area contributed by atoms with E-state index in [2.05, 4.69) is 21.6 Å². The Hall–Kier alpha value is -3.02. The molecule has 1 aliphatic heterocycles. The van der Waals surface area contributed by atoms with Gasteiger partial charge < -0.3 is 20.3 Å². The summed E-state index contributed by atoms with van der Waals surface area (Å²) in [6.07, 6.45) is 6.34. The molecule has 0 saturated heterocycles. The Morgan fingerprint density at radius 1 is 1.07 bits per heavy atom. The summed E-state index contributed by atoms with van der Waals surface area (Å²) in [6.45, 7) is 1.01. The highest BCUT2D eigenvalue weighted by molar-refractivity contribution is 6.04. The van der Waals surface area contributed by atoms with E-state index in [-0.39, 0.29) is 24.4 Å². The van der Waals surface area contributed by atoms with Gasteiger partial charge in [0.25, 0.3) is 5.91 Å². The lowest BCUT2D eigenvalue weighted by molar-refractivity contribution is -0.115. The summed E-state index contributed by atoms with van der Waals surface area (Å²) >= 11 is 0. The molecule has 4 rings (SSSR count). The van der Waals surface area contributed by atoms with Gasteiger partial charge in [-0.05, 0) is 49.4 Å². The molecule has 1 heterocycles. The van der Waals surface area contributed by atoms with E-state index in [1.54, 1.807) is 19.2 Å². The van der Waals surface area contributed by atoms with E-state index < -0.39 is 0 Å². The second kappa shape index (κ2) is 9.20. The van der Waals surface area contributed by atoms with Gasteiger partial charge in [-0.25, -0.2) is 0 Å². The molecule has 6 heteroatoms. The van der Waals surface area contributed by atoms with Crippen LogP contribution in [0.1, 0.15) is 48.0 Å². The molecule has 0 radical (unpaired) electrons. The van der Waals surface area contributed by atoms with Crippen LogP contribution in [0.3, 0.4) is 0 Å². The average molecular weight is 408 g/mol. The number of para-hydroxylation sites is 2. The number of methoxy groups -OCH3 is 1. The van der Waals surface area contributed by atoms with Crippen LogP contribution >= 0.6 is 0 Å². The van der Waals surface area contributed by atoms with Gasteiger partial charge in [-0.1, -0.05) is 37.1 Å². The second-order valence-corrected chi connectivity index (χ2v) is 8.04. The summed E-state index contributed by atoms with van der Waals surface area (Å²) in [6, 6.07) is 13.4. The molecule has 0 atom stereocenters. The van der Waals surface area contributed by atoms with Gasteiger partial charge in [-0.3, -0.25) is 9.59 Å². The zero-order valence-corrected chi connectivity index (χ0v) is 17.4. The van der Waals surface area contributed by atoms with Crippen LogP contribution in [0.25, 0.3) is 0 Å². The fraction of sp³-hybridized carbons (Fsp3) is 0.417. The highest BCUT2D eigenvalue weighted by Crippen LogP contribution is 2.36. The molecule has 0 aromatic heterocycles. The molecule has 0 unspecified atom stereocenters. The molecule has 2 aliphatic rings. The number of anilines is 2. The molecule has 158 valence electrons. The van der Waals surface area contributed by atoms with E-state index in [4.69, 9.17) is 4.74 Å². The molecule has 0 bridgehead atoms. The maximum atomic E-state index is 12.9. The van der Waals surface area contributed by atoms with E-state index in [0.717, 1.165) is 56.5 Å². The first kappa shape index (κ1) is 20.3. The van der Waals surface area contributed by atoms with E-state index in [9.17, 15) is 9.59 Å². The molecule has 2 N–H and O–H groups in total. The van der Waals surface area contributed by atoms with Crippen molar-refractivity contribution in [1.29, 1.82) is 0 Å². The Bertz CT molecular complexity index is 907. The van der Waals surface area contributed by atoms with Crippen LogP contribution in [0, 0.1) is 0 Å². The quantitative estimate of drug-likeness (QED) is 0.765. The lowest BCUT2D eigenvalue weighted by atomic mass is 10.0. The minimum Gasteiger partial charge on any atom is -0.495 e. The number of hydrogen-bond donors (Lipinski definition) is 2. The van der Waals surface area contributed by atoms with Gasteiger partial charge in [0.2, 0.25) is 5.91 Å². The third-order valence-electron chi connectivity index (χ3n) is 5.96. The van der Waals surface area contributed by atoms with Gasteiger partial charge in [-0.15, -0.1) is 0 Å². The number of rotatable bonds is 6. The van der Waals surface area contributed by atoms with E-state index in [1.807, 2.05) is 24.3 Å². The Kier molecular flexibility index (Phi) is 6.21. The molecule has 2 amide bonds. The molecule has 6 nitrogen and oxygen atoms in total. The van der Waals surface area contributed by atoms with Crippen molar-refractivity contribution < 1.29 is 14.3 Å². The number of carbonyl (C=O) groups excluding carboxylic acids is 2. The SMILES string of the molecule is COc1cccc2c1N(CC(=O)Nc1ccccc1C(=O)NC1CCCC1)CCC2. The first-order valence-electron chi connectivity index (χ1n) is 10.8. The summed E-state index contributed by atoms with van der Waals surface area (Å²) in [7, 11) is 1.65. The largest absolute Gasteiger partial charge is 0.495 e. The fourth-order valence-corrected chi connectivity index (χ4v) is 4.51. The number of amides is 2. The fourth-order valence-electron chi connectivity index (χ4n) is 4.51. The Balaban J connectivity index is 1.46. The van der Waals surface area contributed by atoms with Gasteiger partial charge in [0.15, 0.2) is 0 Å². The van der Waals surface area contributed by atoms with Gasteiger partial charge in [-0.2, -0.15) is 0 Å². The molecule has 1 fully saturated rings. The van der Waals surface area contributed by atoms with E-state index in [0.29, 0.717) is 11.3 Å². The molecule has 1 aliphatic carbocycles. The van der Waals surface area contributed by atoms with Crippen molar-refractivity contribution in [3.05, 3.63) is 53.6 Å². The first-order valence-corrected chi connectivity index (χ1v) is 10.8. The van der Waals surface area contributed by atoms with Crippen LogP contribution < -0.4 is 20.3 Å². The number of aryl methyl sites for hydroxylation is 1. The predicted molar refractivity (Wildman–Crippen MR) is 118 cm³/mol. The van der Waals surface area contributed by atoms with Crippen molar-refractivity contribution in [3.63, 3.8) is 0 Å². The second-order valence-electron chi connectivity index (χ2n) is 8.04. The van der Waals surface area contributed by atoms with Gasteiger partial charge in [0.05, 0.1) is 30.6 Å². The Labute approximate surface area is 177 Å². The number of hydrogen-bond acceptors (Lipinski definition) is 4. The molecule has 2 aromatic carbocycles. The van der Waals surface area contributed by atoms with Crippen molar-refractivity contribution in [2.24, 2.45) is 0 Å². The highest BCUT2D eigenvalue weighted by atomic mass is 16.5. The standard InChI is InChI=1S/C24H29N3O3/c1-30-21-14-6-8-17-9-7-15-27(23(17)21)16-22(28)26-20-13-5-4-12-19(20)24(29)25-18-10-2-3-11-18/h4-6,8,12-14,18H,2-3,7,9-11,15-16H2,1H3,(H,25,29)(H,26,28). The van der Waals surface area contributed by atoms with Crippen molar-refractivity contribution in [3.8, 4) is 5.75 Å². The molecule has 2 aromatic rings. The van der Waals surface area contributed by atoms with Crippen molar-refractivity contribution in [2.45, 2.75) is 44.6 Å². The third kappa shape index (κ3) is 4.42. The topological polar surface area (TPSA) is 70.7 Å². The zero-order chi connectivity index (χ0) is 20.9. The van der Waals surface area contributed by atoms with E-state index >= 15 is 0 Å². The molecule has 1 saturated carbocycles. The summed E-state index contributed by atoms with van der Waals surface area (Å²) in [5.74, 6) is 0.522. The van der Waals surface area contributed by atoms with Crippen molar-refractivity contribution >= 4 is 23.2 Å². The van der Waals surface area contributed by atoms with Crippen LogP contribution in [-0.4, -0.2) is 38.1 Å². The summed E-state index contributed by atoms with van der Waals surface area (Å²) in [4.78, 5) is 27.7. The monoisotopic (exact) mass is 407 g/mol. The van der Waals surface area contributed by atoms with E-state index in [1.165, 1.54) is 5.56 Å². The van der Waals surface area contributed by atoms with Crippen molar-refractivity contribution in [1.82, 2.24) is 5.32 Å². The van der Waals surface area contributed by atoms with Crippen LogP contribution in [0.5, 0.6) is 5.75 Å². The lowest BCUT2D eigenvalue weighted by Crippen LogP contribution is -2.37.